The van der Waals surface area contributed by atoms with Gasteiger partial charge in [-0.05, 0) is 49.8 Å². The van der Waals surface area contributed by atoms with Crippen molar-refractivity contribution in [1.82, 2.24) is 0 Å². The molecule has 0 spiro atoms. The molecule has 1 aromatic rings. The van der Waals surface area contributed by atoms with Gasteiger partial charge in [-0.3, -0.25) is 0 Å². The highest BCUT2D eigenvalue weighted by molar-refractivity contribution is 9.10. The summed E-state index contributed by atoms with van der Waals surface area (Å²) in [4.78, 5) is 0. The number of hydrogen-bond donors (Lipinski definition) is 1. The van der Waals surface area contributed by atoms with E-state index in [1.54, 1.807) is 0 Å². The topological polar surface area (TPSA) is 26.0 Å². The summed E-state index contributed by atoms with van der Waals surface area (Å²) in [5.41, 5.74) is 9.64. The molecule has 2 heteroatoms. The van der Waals surface area contributed by atoms with Gasteiger partial charge in [0, 0.05) is 15.4 Å². The van der Waals surface area contributed by atoms with Gasteiger partial charge in [0.15, 0.2) is 0 Å². The van der Waals surface area contributed by atoms with Crippen LogP contribution in [0.2, 0.25) is 0 Å². The van der Waals surface area contributed by atoms with Gasteiger partial charge in [-0.2, -0.15) is 0 Å². The summed E-state index contributed by atoms with van der Waals surface area (Å²) in [6.07, 6.45) is 4.99. The van der Waals surface area contributed by atoms with Crippen molar-refractivity contribution in [3.8, 4) is 0 Å². The maximum absolute atomic E-state index is 6.40. The van der Waals surface area contributed by atoms with Gasteiger partial charge in [-0.1, -0.05) is 28.1 Å². The maximum atomic E-state index is 6.40. The largest absolute Gasteiger partial charge is 0.324 e. The van der Waals surface area contributed by atoms with Crippen LogP contribution in [0.1, 0.15) is 36.8 Å². The Hall–Kier alpha value is -0.340. The van der Waals surface area contributed by atoms with Crippen molar-refractivity contribution in [2.24, 2.45) is 5.73 Å². The fourth-order valence-electron chi connectivity index (χ4n) is 2.75. The van der Waals surface area contributed by atoms with Crippen LogP contribution in [0.25, 0.3) is 0 Å². The second kappa shape index (κ2) is 2.86. The Kier molecular flexibility index (Phi) is 1.88. The molecule has 2 aliphatic rings. The molecule has 0 saturated heterocycles. The Morgan fingerprint density at radius 2 is 1.87 bits per heavy atom. The first-order valence-corrected chi connectivity index (χ1v) is 6.42. The van der Waals surface area contributed by atoms with Gasteiger partial charge in [0.05, 0.1) is 0 Å². The van der Waals surface area contributed by atoms with Gasteiger partial charge in [0.25, 0.3) is 0 Å². The number of nitrogens with two attached hydrogens (primary N) is 1. The first-order valence-electron chi connectivity index (χ1n) is 5.63. The van der Waals surface area contributed by atoms with E-state index in [0.717, 1.165) is 0 Å². The molecule has 3 rings (SSSR count). The maximum Gasteiger partial charge on any atom is 0.0253 e. The molecule has 2 N–H and O–H groups in total. The predicted octanol–water partition coefficient (Wildman–Crippen LogP) is 3.28. The van der Waals surface area contributed by atoms with E-state index < -0.39 is 0 Å². The molecule has 2 fully saturated rings. The van der Waals surface area contributed by atoms with Crippen molar-refractivity contribution in [3.63, 3.8) is 0 Å². The van der Waals surface area contributed by atoms with Crippen molar-refractivity contribution in [3.05, 3.63) is 33.8 Å². The van der Waals surface area contributed by atoms with Gasteiger partial charge in [0.2, 0.25) is 0 Å². The first kappa shape index (κ1) is 9.86. The third-order valence-corrected chi connectivity index (χ3v) is 5.09. The predicted molar refractivity (Wildman–Crippen MR) is 65.9 cm³/mol. The second-order valence-corrected chi connectivity index (χ2v) is 6.06. The standard InChI is InChI=1S/C13H16BrN/c1-9-8-10(2-3-11(9)14)12(4-5-12)13(15)6-7-13/h2-3,8H,4-7,15H2,1H3. The minimum atomic E-state index is 0.132. The molecule has 0 aromatic heterocycles. The summed E-state index contributed by atoms with van der Waals surface area (Å²) in [6, 6.07) is 6.72. The van der Waals surface area contributed by atoms with Crippen LogP contribution in [0.3, 0.4) is 0 Å². The molecule has 80 valence electrons. The lowest BCUT2D eigenvalue weighted by Gasteiger charge is -2.24. The average molecular weight is 266 g/mol. The van der Waals surface area contributed by atoms with E-state index in [0.29, 0.717) is 5.41 Å². The Bertz CT molecular complexity index is 417. The van der Waals surface area contributed by atoms with E-state index in [2.05, 4.69) is 41.1 Å². The molecule has 2 aliphatic carbocycles. The molecular formula is C13H16BrN. The molecule has 15 heavy (non-hydrogen) atoms. The Morgan fingerprint density at radius 1 is 1.20 bits per heavy atom. The van der Waals surface area contributed by atoms with E-state index >= 15 is 0 Å². The van der Waals surface area contributed by atoms with Crippen LogP contribution in [-0.2, 0) is 5.41 Å². The highest BCUT2D eigenvalue weighted by atomic mass is 79.9. The molecule has 0 heterocycles. The number of halogens is 1. The molecule has 0 unspecified atom stereocenters. The highest BCUT2D eigenvalue weighted by Crippen LogP contribution is 2.63. The van der Waals surface area contributed by atoms with Gasteiger partial charge in [-0.15, -0.1) is 0 Å². The van der Waals surface area contributed by atoms with E-state index in [-0.39, 0.29) is 5.54 Å². The third kappa shape index (κ3) is 1.31. The van der Waals surface area contributed by atoms with Crippen LogP contribution < -0.4 is 5.73 Å². The van der Waals surface area contributed by atoms with Gasteiger partial charge < -0.3 is 5.73 Å². The normalized spacial score (nSPS) is 25.0. The summed E-state index contributed by atoms with van der Waals surface area (Å²) in [5, 5.41) is 0. The van der Waals surface area contributed by atoms with E-state index in [9.17, 15) is 0 Å². The van der Waals surface area contributed by atoms with Crippen LogP contribution in [0.15, 0.2) is 22.7 Å². The molecule has 1 nitrogen and oxygen atoms in total. The van der Waals surface area contributed by atoms with Gasteiger partial charge >= 0.3 is 0 Å². The SMILES string of the molecule is Cc1cc(C2(C3(N)CC3)CC2)ccc1Br. The lowest BCUT2D eigenvalue weighted by atomic mass is 9.85. The number of benzene rings is 1. The Labute approximate surface area is 99.2 Å². The van der Waals surface area contributed by atoms with Crippen molar-refractivity contribution < 1.29 is 0 Å². The van der Waals surface area contributed by atoms with Crippen LogP contribution in [0.5, 0.6) is 0 Å². The van der Waals surface area contributed by atoms with Crippen LogP contribution in [0.4, 0.5) is 0 Å². The highest BCUT2D eigenvalue weighted by Gasteiger charge is 2.63. The van der Waals surface area contributed by atoms with Crippen molar-refractivity contribution in [2.75, 3.05) is 0 Å². The first-order chi connectivity index (χ1) is 7.07. The van der Waals surface area contributed by atoms with Gasteiger partial charge in [0.1, 0.15) is 0 Å². The van der Waals surface area contributed by atoms with Gasteiger partial charge in [-0.25, -0.2) is 0 Å². The molecule has 0 radical (unpaired) electrons. The molecule has 0 bridgehead atoms. The zero-order valence-electron chi connectivity index (χ0n) is 9.02. The molecule has 2 saturated carbocycles. The van der Waals surface area contributed by atoms with E-state index in [1.165, 1.54) is 41.3 Å². The van der Waals surface area contributed by atoms with E-state index in [4.69, 9.17) is 5.73 Å². The zero-order chi connectivity index (χ0) is 10.7. The fraction of sp³-hybridized carbons (Fsp3) is 0.538. The molecule has 0 atom stereocenters. The summed E-state index contributed by atoms with van der Waals surface area (Å²) < 4.78 is 1.20. The van der Waals surface area contributed by atoms with E-state index in [1.807, 2.05) is 0 Å². The lowest BCUT2D eigenvalue weighted by molar-refractivity contribution is 0.503. The van der Waals surface area contributed by atoms with Crippen LogP contribution in [-0.4, -0.2) is 5.54 Å². The number of rotatable bonds is 2. The average Bonchev–Trinajstić information content (AvgIpc) is 3.05. The Balaban J connectivity index is 2.03. The molecule has 0 amide bonds. The summed E-state index contributed by atoms with van der Waals surface area (Å²) >= 11 is 3.55. The monoisotopic (exact) mass is 265 g/mol. The zero-order valence-corrected chi connectivity index (χ0v) is 10.6. The van der Waals surface area contributed by atoms with Crippen molar-refractivity contribution >= 4 is 15.9 Å². The Morgan fingerprint density at radius 3 is 2.33 bits per heavy atom. The molecule has 0 aliphatic heterocycles. The van der Waals surface area contributed by atoms with Crippen molar-refractivity contribution in [1.29, 1.82) is 0 Å². The molecule has 1 aromatic carbocycles. The molecular weight excluding hydrogens is 250 g/mol. The number of hydrogen-bond acceptors (Lipinski definition) is 1. The minimum Gasteiger partial charge on any atom is -0.324 e. The second-order valence-electron chi connectivity index (χ2n) is 5.20. The fourth-order valence-corrected chi connectivity index (χ4v) is 3.00. The summed E-state index contributed by atoms with van der Waals surface area (Å²) in [6.45, 7) is 2.15. The smallest absolute Gasteiger partial charge is 0.0253 e. The summed E-state index contributed by atoms with van der Waals surface area (Å²) in [5.74, 6) is 0. The lowest BCUT2D eigenvalue weighted by Crippen LogP contribution is -2.37. The van der Waals surface area contributed by atoms with Crippen LogP contribution >= 0.6 is 15.9 Å². The number of aryl methyl sites for hydroxylation is 1. The quantitative estimate of drug-likeness (QED) is 0.873. The minimum absolute atomic E-state index is 0.132. The third-order valence-electron chi connectivity index (χ3n) is 4.20. The van der Waals surface area contributed by atoms with Crippen molar-refractivity contribution in [2.45, 2.75) is 43.6 Å². The van der Waals surface area contributed by atoms with Crippen LogP contribution in [0, 0.1) is 6.92 Å². The summed E-state index contributed by atoms with van der Waals surface area (Å²) in [7, 11) is 0.